The highest BCUT2D eigenvalue weighted by Gasteiger charge is 2.09. The van der Waals surface area contributed by atoms with E-state index in [1.807, 2.05) is 0 Å². The quantitative estimate of drug-likeness (QED) is 0.535. The van der Waals surface area contributed by atoms with Crippen LogP contribution in [0.4, 0.5) is 11.4 Å². The van der Waals surface area contributed by atoms with E-state index in [0.29, 0.717) is 24.4 Å². The first-order valence-corrected chi connectivity index (χ1v) is 7.39. The Morgan fingerprint density at radius 3 is 2.26 bits per heavy atom. The Bertz CT molecular complexity index is 545. The summed E-state index contributed by atoms with van der Waals surface area (Å²) >= 11 is 0. The zero-order valence-electron chi connectivity index (χ0n) is 13.4. The first kappa shape index (κ1) is 18.6. The molecule has 2 N–H and O–H groups in total. The first-order chi connectivity index (χ1) is 11.0. The Kier molecular flexibility index (Phi) is 8.38. The van der Waals surface area contributed by atoms with E-state index in [0.717, 1.165) is 0 Å². The first-order valence-electron chi connectivity index (χ1n) is 7.39. The van der Waals surface area contributed by atoms with Crippen molar-refractivity contribution in [2.24, 2.45) is 0 Å². The van der Waals surface area contributed by atoms with Gasteiger partial charge in [-0.05, 0) is 18.2 Å². The number of hydrogen-bond acceptors (Lipinski definition) is 5. The van der Waals surface area contributed by atoms with Crippen LogP contribution in [-0.2, 0) is 23.9 Å². The highest BCUT2D eigenvalue weighted by molar-refractivity contribution is 5.94. The highest BCUT2D eigenvalue weighted by atomic mass is 16.6. The maximum absolute atomic E-state index is 11.8. The maximum atomic E-state index is 11.8. The molecule has 0 radical (unpaired) electrons. The van der Waals surface area contributed by atoms with Crippen LogP contribution in [0.1, 0.15) is 26.2 Å². The SMILES string of the molecule is CCC(=O)Nc1cccc(NC(=O)CCC(=O)OCCOC)c1. The summed E-state index contributed by atoms with van der Waals surface area (Å²) in [7, 11) is 1.51. The van der Waals surface area contributed by atoms with Crippen molar-refractivity contribution >= 4 is 29.2 Å². The Labute approximate surface area is 135 Å². The normalized spacial score (nSPS) is 10.0. The molecule has 0 bridgehead atoms. The van der Waals surface area contributed by atoms with Crippen LogP contribution in [0.25, 0.3) is 0 Å². The molecule has 0 aliphatic carbocycles. The Hall–Kier alpha value is -2.41. The highest BCUT2D eigenvalue weighted by Crippen LogP contribution is 2.15. The molecule has 7 heteroatoms. The van der Waals surface area contributed by atoms with Crippen LogP contribution >= 0.6 is 0 Å². The van der Waals surface area contributed by atoms with Gasteiger partial charge in [0.05, 0.1) is 13.0 Å². The molecule has 1 rings (SSSR count). The molecule has 0 heterocycles. The summed E-state index contributed by atoms with van der Waals surface area (Å²) in [5.41, 5.74) is 1.16. The molecule has 0 aliphatic rings. The van der Waals surface area contributed by atoms with Gasteiger partial charge in [-0.15, -0.1) is 0 Å². The Balaban J connectivity index is 2.40. The third-order valence-electron chi connectivity index (χ3n) is 2.86. The molecule has 1 aromatic carbocycles. The number of nitrogens with one attached hydrogen (secondary N) is 2. The van der Waals surface area contributed by atoms with E-state index in [-0.39, 0.29) is 31.3 Å². The lowest BCUT2D eigenvalue weighted by Crippen LogP contribution is -2.16. The maximum Gasteiger partial charge on any atom is 0.306 e. The average molecular weight is 322 g/mol. The number of methoxy groups -OCH3 is 1. The number of benzene rings is 1. The second kappa shape index (κ2) is 10.3. The van der Waals surface area contributed by atoms with Crippen molar-refractivity contribution in [1.29, 1.82) is 0 Å². The molecule has 2 amide bonds. The van der Waals surface area contributed by atoms with Gasteiger partial charge in [0.1, 0.15) is 6.61 Å². The van der Waals surface area contributed by atoms with Gasteiger partial charge in [0.2, 0.25) is 11.8 Å². The average Bonchev–Trinajstić information content (AvgIpc) is 2.53. The number of hydrogen-bond donors (Lipinski definition) is 2. The van der Waals surface area contributed by atoms with Gasteiger partial charge in [-0.3, -0.25) is 14.4 Å². The third-order valence-corrected chi connectivity index (χ3v) is 2.86. The van der Waals surface area contributed by atoms with E-state index in [2.05, 4.69) is 10.6 Å². The summed E-state index contributed by atoms with van der Waals surface area (Å²) in [4.78, 5) is 34.5. The fourth-order valence-corrected chi connectivity index (χ4v) is 1.67. The van der Waals surface area contributed by atoms with E-state index in [1.54, 1.807) is 31.2 Å². The predicted octanol–water partition coefficient (Wildman–Crippen LogP) is 1.94. The number of carbonyl (C=O) groups is 3. The van der Waals surface area contributed by atoms with Crippen molar-refractivity contribution in [2.75, 3.05) is 31.0 Å². The van der Waals surface area contributed by atoms with Crippen LogP contribution < -0.4 is 10.6 Å². The van der Waals surface area contributed by atoms with E-state index >= 15 is 0 Å². The molecule has 0 saturated heterocycles. The molecule has 0 fully saturated rings. The summed E-state index contributed by atoms with van der Waals surface area (Å²) in [6.45, 7) is 2.26. The fourth-order valence-electron chi connectivity index (χ4n) is 1.67. The van der Waals surface area contributed by atoms with Gasteiger partial charge in [-0.25, -0.2) is 0 Å². The summed E-state index contributed by atoms with van der Waals surface area (Å²) in [6.07, 6.45) is 0.404. The molecule has 0 aromatic heterocycles. The minimum Gasteiger partial charge on any atom is -0.463 e. The summed E-state index contributed by atoms with van der Waals surface area (Å²) in [6, 6.07) is 6.81. The number of anilines is 2. The number of ether oxygens (including phenoxy) is 2. The lowest BCUT2D eigenvalue weighted by molar-refractivity contribution is -0.145. The molecule has 0 atom stereocenters. The van der Waals surface area contributed by atoms with Gasteiger partial charge in [0.15, 0.2) is 0 Å². The Morgan fingerprint density at radius 2 is 1.65 bits per heavy atom. The van der Waals surface area contributed by atoms with Gasteiger partial charge < -0.3 is 20.1 Å². The second-order valence-electron chi connectivity index (χ2n) is 4.74. The van der Waals surface area contributed by atoms with Crippen LogP contribution in [0.15, 0.2) is 24.3 Å². The lowest BCUT2D eigenvalue weighted by Gasteiger charge is -2.08. The molecule has 0 unspecified atom stereocenters. The van der Waals surface area contributed by atoms with Crippen LogP contribution in [0.3, 0.4) is 0 Å². The van der Waals surface area contributed by atoms with Crippen molar-refractivity contribution in [3.8, 4) is 0 Å². The number of amides is 2. The van der Waals surface area contributed by atoms with Gasteiger partial charge >= 0.3 is 5.97 Å². The van der Waals surface area contributed by atoms with Crippen molar-refractivity contribution in [3.63, 3.8) is 0 Å². The van der Waals surface area contributed by atoms with Gasteiger partial charge in [-0.1, -0.05) is 13.0 Å². The second-order valence-corrected chi connectivity index (χ2v) is 4.74. The van der Waals surface area contributed by atoms with E-state index < -0.39 is 5.97 Å². The fraction of sp³-hybridized carbons (Fsp3) is 0.438. The van der Waals surface area contributed by atoms with Crippen molar-refractivity contribution in [2.45, 2.75) is 26.2 Å². The summed E-state index contributed by atoms with van der Waals surface area (Å²) < 4.78 is 9.62. The topological polar surface area (TPSA) is 93.7 Å². The molecule has 0 aliphatic heterocycles. The van der Waals surface area contributed by atoms with Crippen LogP contribution in [0.5, 0.6) is 0 Å². The zero-order valence-corrected chi connectivity index (χ0v) is 13.4. The molecule has 0 spiro atoms. The molecular formula is C16H22N2O5. The van der Waals surface area contributed by atoms with E-state index in [1.165, 1.54) is 7.11 Å². The monoisotopic (exact) mass is 322 g/mol. The number of esters is 1. The van der Waals surface area contributed by atoms with Gasteiger partial charge in [0.25, 0.3) is 0 Å². The third kappa shape index (κ3) is 7.96. The van der Waals surface area contributed by atoms with Gasteiger partial charge in [-0.2, -0.15) is 0 Å². The van der Waals surface area contributed by atoms with Crippen molar-refractivity contribution in [3.05, 3.63) is 24.3 Å². The minimum absolute atomic E-state index is 0.00179. The van der Waals surface area contributed by atoms with Crippen molar-refractivity contribution < 1.29 is 23.9 Å². The summed E-state index contributed by atoms with van der Waals surface area (Å²) in [5, 5.41) is 5.38. The summed E-state index contributed by atoms with van der Waals surface area (Å²) in [5.74, 6) is -0.846. The number of carbonyl (C=O) groups excluding carboxylic acids is 3. The molecule has 23 heavy (non-hydrogen) atoms. The molecule has 0 saturated carbocycles. The minimum atomic E-state index is -0.443. The molecule has 7 nitrogen and oxygen atoms in total. The van der Waals surface area contributed by atoms with Crippen LogP contribution in [0.2, 0.25) is 0 Å². The number of rotatable bonds is 9. The standard InChI is InChI=1S/C16H22N2O5/c1-3-14(19)17-12-5-4-6-13(11-12)18-15(20)7-8-16(21)23-10-9-22-2/h4-6,11H,3,7-10H2,1-2H3,(H,17,19)(H,18,20). The van der Waals surface area contributed by atoms with Crippen LogP contribution in [0, 0.1) is 0 Å². The predicted molar refractivity (Wildman–Crippen MR) is 86.1 cm³/mol. The smallest absolute Gasteiger partial charge is 0.306 e. The van der Waals surface area contributed by atoms with Gasteiger partial charge in [0, 0.05) is 31.3 Å². The van der Waals surface area contributed by atoms with E-state index in [4.69, 9.17) is 9.47 Å². The van der Waals surface area contributed by atoms with Crippen LogP contribution in [-0.4, -0.2) is 38.1 Å². The lowest BCUT2D eigenvalue weighted by atomic mass is 10.2. The zero-order chi connectivity index (χ0) is 17.1. The molecule has 126 valence electrons. The molecule has 1 aromatic rings. The molecular weight excluding hydrogens is 300 g/mol. The Morgan fingerprint density at radius 1 is 1.00 bits per heavy atom. The largest absolute Gasteiger partial charge is 0.463 e. The van der Waals surface area contributed by atoms with Crippen molar-refractivity contribution in [1.82, 2.24) is 0 Å². The van der Waals surface area contributed by atoms with E-state index in [9.17, 15) is 14.4 Å².